The van der Waals surface area contributed by atoms with Gasteiger partial charge in [0.2, 0.25) is 5.95 Å². The summed E-state index contributed by atoms with van der Waals surface area (Å²) in [4.78, 5) is 8.33. The lowest BCUT2D eigenvalue weighted by atomic mass is 10.3. The number of hydrogen-bond acceptors (Lipinski definition) is 4. The minimum atomic E-state index is 0.153. The van der Waals surface area contributed by atoms with Crippen LogP contribution in [0.4, 0.5) is 5.95 Å². The molecule has 4 heteroatoms. The molecule has 0 aromatic carbocycles. The highest BCUT2D eigenvalue weighted by Gasteiger charge is 2.37. The Balaban J connectivity index is 2.25. The van der Waals surface area contributed by atoms with E-state index in [1.54, 1.807) is 6.07 Å². The van der Waals surface area contributed by atoms with Crippen LogP contribution in [0.2, 0.25) is 0 Å². The SMILES string of the molecule is Cc1cc(C#N)nc(NC2(C)CC2)n1. The predicted molar refractivity (Wildman–Crippen MR) is 52.7 cm³/mol. The maximum Gasteiger partial charge on any atom is 0.224 e. The normalized spacial score (nSPS) is 17.2. The molecular formula is C10H12N4. The Morgan fingerprint density at radius 2 is 2.21 bits per heavy atom. The lowest BCUT2D eigenvalue weighted by Gasteiger charge is -2.11. The summed E-state index contributed by atoms with van der Waals surface area (Å²) in [7, 11) is 0. The average Bonchev–Trinajstić information content (AvgIpc) is 2.82. The van der Waals surface area contributed by atoms with Gasteiger partial charge in [-0.15, -0.1) is 0 Å². The van der Waals surface area contributed by atoms with E-state index in [9.17, 15) is 0 Å². The van der Waals surface area contributed by atoms with Crippen molar-refractivity contribution in [3.63, 3.8) is 0 Å². The molecule has 1 aromatic rings. The van der Waals surface area contributed by atoms with Crippen LogP contribution in [0.1, 0.15) is 31.2 Å². The molecule has 0 spiro atoms. The maximum atomic E-state index is 8.73. The number of nitrogens with one attached hydrogen (secondary N) is 1. The molecule has 1 fully saturated rings. The molecule has 1 aliphatic carbocycles. The van der Waals surface area contributed by atoms with Crippen LogP contribution in [-0.2, 0) is 0 Å². The van der Waals surface area contributed by atoms with E-state index in [-0.39, 0.29) is 5.54 Å². The van der Waals surface area contributed by atoms with Crippen molar-refractivity contribution < 1.29 is 0 Å². The Hall–Kier alpha value is -1.63. The van der Waals surface area contributed by atoms with Gasteiger partial charge in [-0.3, -0.25) is 0 Å². The molecule has 72 valence electrons. The molecule has 2 rings (SSSR count). The molecule has 1 heterocycles. The summed E-state index contributed by atoms with van der Waals surface area (Å²) in [5.74, 6) is 0.571. The maximum absolute atomic E-state index is 8.73. The standard InChI is InChI=1S/C10H12N4/c1-7-5-8(6-11)13-9(12-7)14-10(2)3-4-10/h5H,3-4H2,1-2H3,(H,12,13,14). The van der Waals surface area contributed by atoms with Crippen LogP contribution < -0.4 is 5.32 Å². The van der Waals surface area contributed by atoms with Gasteiger partial charge in [0, 0.05) is 11.2 Å². The fourth-order valence-corrected chi connectivity index (χ4v) is 1.26. The Labute approximate surface area is 83.0 Å². The number of nitriles is 1. The number of nitrogens with zero attached hydrogens (tertiary/aromatic N) is 3. The second kappa shape index (κ2) is 2.95. The van der Waals surface area contributed by atoms with Crippen LogP contribution in [-0.4, -0.2) is 15.5 Å². The molecule has 1 saturated carbocycles. The molecule has 0 bridgehead atoms. The Morgan fingerprint density at radius 1 is 1.50 bits per heavy atom. The fourth-order valence-electron chi connectivity index (χ4n) is 1.26. The third-order valence-electron chi connectivity index (χ3n) is 2.38. The van der Waals surface area contributed by atoms with Crippen molar-refractivity contribution in [2.75, 3.05) is 5.32 Å². The first-order chi connectivity index (χ1) is 6.61. The second-order valence-electron chi connectivity index (χ2n) is 4.02. The average molecular weight is 188 g/mol. The van der Waals surface area contributed by atoms with Crippen LogP contribution >= 0.6 is 0 Å². The Bertz CT molecular complexity index is 401. The van der Waals surface area contributed by atoms with E-state index in [0.29, 0.717) is 11.6 Å². The van der Waals surface area contributed by atoms with Crippen molar-refractivity contribution in [2.45, 2.75) is 32.2 Å². The van der Waals surface area contributed by atoms with Gasteiger partial charge in [-0.25, -0.2) is 9.97 Å². The topological polar surface area (TPSA) is 61.6 Å². The summed E-state index contributed by atoms with van der Waals surface area (Å²) >= 11 is 0. The van der Waals surface area contributed by atoms with Crippen LogP contribution in [0.3, 0.4) is 0 Å². The zero-order valence-electron chi connectivity index (χ0n) is 8.33. The van der Waals surface area contributed by atoms with E-state index in [1.165, 1.54) is 0 Å². The minimum absolute atomic E-state index is 0.153. The van der Waals surface area contributed by atoms with Crippen LogP contribution in [0.15, 0.2) is 6.07 Å². The zero-order chi connectivity index (χ0) is 10.2. The van der Waals surface area contributed by atoms with Crippen LogP contribution in [0, 0.1) is 18.3 Å². The third-order valence-corrected chi connectivity index (χ3v) is 2.38. The number of aromatic nitrogens is 2. The van der Waals surface area contributed by atoms with Gasteiger partial charge in [0.25, 0.3) is 0 Å². The number of rotatable bonds is 2. The van der Waals surface area contributed by atoms with E-state index in [2.05, 4.69) is 22.2 Å². The van der Waals surface area contributed by atoms with Gasteiger partial charge >= 0.3 is 0 Å². The van der Waals surface area contributed by atoms with E-state index in [0.717, 1.165) is 18.5 Å². The lowest BCUT2D eigenvalue weighted by molar-refractivity contribution is 0.806. The number of aryl methyl sites for hydroxylation is 1. The van der Waals surface area contributed by atoms with Gasteiger partial charge in [0.05, 0.1) is 0 Å². The molecule has 0 aliphatic heterocycles. The van der Waals surface area contributed by atoms with Gasteiger partial charge in [-0.05, 0) is 32.8 Å². The van der Waals surface area contributed by atoms with Crippen molar-refractivity contribution in [2.24, 2.45) is 0 Å². The fraction of sp³-hybridized carbons (Fsp3) is 0.500. The van der Waals surface area contributed by atoms with Gasteiger partial charge in [0.1, 0.15) is 11.8 Å². The highest BCUT2D eigenvalue weighted by molar-refractivity contribution is 5.37. The van der Waals surface area contributed by atoms with Gasteiger partial charge in [0.15, 0.2) is 0 Å². The quantitative estimate of drug-likeness (QED) is 0.766. The minimum Gasteiger partial charge on any atom is -0.349 e. The summed E-state index contributed by atoms with van der Waals surface area (Å²) in [6.07, 6.45) is 2.29. The molecule has 4 nitrogen and oxygen atoms in total. The molecule has 1 N–H and O–H groups in total. The molecule has 14 heavy (non-hydrogen) atoms. The molecule has 0 unspecified atom stereocenters. The molecule has 1 aliphatic rings. The lowest BCUT2D eigenvalue weighted by Crippen LogP contribution is -2.18. The zero-order valence-corrected chi connectivity index (χ0v) is 8.33. The molecule has 0 atom stereocenters. The van der Waals surface area contributed by atoms with Crippen molar-refractivity contribution in [3.8, 4) is 6.07 Å². The summed E-state index contributed by atoms with van der Waals surface area (Å²) in [6.45, 7) is 3.99. The molecular weight excluding hydrogens is 176 g/mol. The van der Waals surface area contributed by atoms with E-state index in [4.69, 9.17) is 5.26 Å². The van der Waals surface area contributed by atoms with Gasteiger partial charge in [-0.1, -0.05) is 0 Å². The summed E-state index contributed by atoms with van der Waals surface area (Å²) in [5, 5.41) is 12.0. The van der Waals surface area contributed by atoms with E-state index >= 15 is 0 Å². The monoisotopic (exact) mass is 188 g/mol. The number of hydrogen-bond donors (Lipinski definition) is 1. The highest BCUT2D eigenvalue weighted by atomic mass is 15.2. The van der Waals surface area contributed by atoms with Crippen molar-refractivity contribution >= 4 is 5.95 Å². The summed E-state index contributed by atoms with van der Waals surface area (Å²) in [6, 6.07) is 3.70. The highest BCUT2D eigenvalue weighted by Crippen LogP contribution is 2.37. The third kappa shape index (κ3) is 1.82. The Kier molecular flexibility index (Phi) is 1.88. The van der Waals surface area contributed by atoms with Crippen LogP contribution in [0.5, 0.6) is 0 Å². The van der Waals surface area contributed by atoms with Crippen molar-refractivity contribution in [1.82, 2.24) is 9.97 Å². The van der Waals surface area contributed by atoms with E-state index in [1.807, 2.05) is 13.0 Å². The molecule has 0 amide bonds. The smallest absolute Gasteiger partial charge is 0.224 e. The Morgan fingerprint density at radius 3 is 2.79 bits per heavy atom. The van der Waals surface area contributed by atoms with Crippen molar-refractivity contribution in [3.05, 3.63) is 17.5 Å². The largest absolute Gasteiger partial charge is 0.349 e. The molecule has 0 radical (unpaired) electrons. The van der Waals surface area contributed by atoms with Crippen molar-refractivity contribution in [1.29, 1.82) is 5.26 Å². The summed E-state index contributed by atoms with van der Waals surface area (Å²) in [5.41, 5.74) is 1.40. The van der Waals surface area contributed by atoms with Gasteiger partial charge in [-0.2, -0.15) is 5.26 Å². The van der Waals surface area contributed by atoms with E-state index < -0.39 is 0 Å². The summed E-state index contributed by atoms with van der Waals surface area (Å²) < 4.78 is 0. The van der Waals surface area contributed by atoms with Gasteiger partial charge < -0.3 is 5.32 Å². The molecule has 1 aromatic heterocycles. The predicted octanol–water partition coefficient (Wildman–Crippen LogP) is 1.62. The first-order valence-electron chi connectivity index (χ1n) is 4.65. The first kappa shape index (κ1) is 8.95. The molecule has 0 saturated heterocycles. The number of anilines is 1. The second-order valence-corrected chi connectivity index (χ2v) is 4.02. The van der Waals surface area contributed by atoms with Crippen LogP contribution in [0.25, 0.3) is 0 Å². The first-order valence-corrected chi connectivity index (χ1v) is 4.65.